The number of hydrogen-bond donors (Lipinski definition) is 1. The zero-order valence-electron chi connectivity index (χ0n) is 8.61. The number of benzene rings is 1. The highest BCUT2D eigenvalue weighted by molar-refractivity contribution is 5.85. The normalized spacial score (nSPS) is 10.6. The summed E-state index contributed by atoms with van der Waals surface area (Å²) in [5, 5.41) is 0.823. The van der Waals surface area contributed by atoms with Gasteiger partial charge >= 0.3 is 0 Å². The second-order valence-electron chi connectivity index (χ2n) is 3.56. The van der Waals surface area contributed by atoms with Crippen molar-refractivity contribution in [2.24, 2.45) is 5.73 Å². The molecule has 2 N–H and O–H groups in total. The quantitative estimate of drug-likeness (QED) is 0.848. The Morgan fingerprint density at radius 1 is 1.44 bits per heavy atom. The van der Waals surface area contributed by atoms with Crippen molar-refractivity contribution in [1.29, 1.82) is 0 Å². The molecule has 0 saturated heterocycles. The zero-order chi connectivity index (χ0) is 11.5. The van der Waals surface area contributed by atoms with Gasteiger partial charge in [0.1, 0.15) is 5.82 Å². The van der Waals surface area contributed by atoms with Gasteiger partial charge in [-0.2, -0.15) is 0 Å². The highest BCUT2D eigenvalue weighted by atomic mass is 19.1. The molecule has 0 atom stereocenters. The first-order chi connectivity index (χ1) is 7.70. The molecular weight excluding hydrogens is 207 g/mol. The second kappa shape index (κ2) is 4.37. The van der Waals surface area contributed by atoms with Gasteiger partial charge in [-0.05, 0) is 17.7 Å². The molecule has 0 bridgehead atoms. The minimum Gasteiger partial charge on any atom is -0.324 e. The third kappa shape index (κ3) is 2.06. The van der Waals surface area contributed by atoms with E-state index in [1.165, 1.54) is 6.07 Å². The van der Waals surface area contributed by atoms with Crippen LogP contribution in [0.25, 0.3) is 10.9 Å². The van der Waals surface area contributed by atoms with Gasteiger partial charge in [-0.3, -0.25) is 9.78 Å². The van der Waals surface area contributed by atoms with Crippen molar-refractivity contribution in [3.05, 3.63) is 41.8 Å². The molecule has 1 aromatic heterocycles. The minimum atomic E-state index is -0.409. The van der Waals surface area contributed by atoms with Crippen LogP contribution in [0.4, 0.5) is 4.39 Å². The molecule has 0 aliphatic heterocycles. The lowest BCUT2D eigenvalue weighted by Gasteiger charge is -2.03. The maximum absolute atomic E-state index is 13.6. The summed E-state index contributed by atoms with van der Waals surface area (Å²) >= 11 is 0. The average molecular weight is 218 g/mol. The van der Waals surface area contributed by atoms with E-state index >= 15 is 0 Å². The highest BCUT2D eigenvalue weighted by Gasteiger charge is 2.08. The van der Waals surface area contributed by atoms with Gasteiger partial charge in [0, 0.05) is 24.1 Å². The van der Waals surface area contributed by atoms with Crippen molar-refractivity contribution in [3.8, 4) is 0 Å². The summed E-state index contributed by atoms with van der Waals surface area (Å²) in [5.74, 6) is -0.588. The molecule has 1 aromatic carbocycles. The van der Waals surface area contributed by atoms with Crippen LogP contribution in [0, 0.1) is 5.82 Å². The number of nitrogens with two attached hydrogens (primary N) is 1. The van der Waals surface area contributed by atoms with Crippen molar-refractivity contribution >= 4 is 16.7 Å². The smallest absolute Gasteiger partial charge is 0.150 e. The monoisotopic (exact) mass is 218 g/mol. The zero-order valence-corrected chi connectivity index (χ0v) is 8.61. The molecule has 0 aliphatic rings. The molecule has 2 aromatic rings. The summed E-state index contributed by atoms with van der Waals surface area (Å²) in [6.45, 7) is -0.0650. The molecule has 16 heavy (non-hydrogen) atoms. The van der Waals surface area contributed by atoms with E-state index in [4.69, 9.17) is 5.73 Å². The van der Waals surface area contributed by atoms with Crippen molar-refractivity contribution in [2.45, 2.75) is 6.42 Å². The van der Waals surface area contributed by atoms with Crippen LogP contribution in [0.15, 0.2) is 30.5 Å². The maximum atomic E-state index is 13.6. The molecule has 0 unspecified atom stereocenters. The molecule has 0 amide bonds. The molecule has 0 aliphatic carbocycles. The fourth-order valence-electron chi connectivity index (χ4n) is 1.56. The number of hydrogen-bond acceptors (Lipinski definition) is 3. The lowest BCUT2D eigenvalue weighted by atomic mass is 10.1. The van der Waals surface area contributed by atoms with Crippen LogP contribution in [-0.2, 0) is 11.2 Å². The number of fused-ring (bicyclic) bond motifs is 1. The predicted octanol–water partition coefficient (Wildman–Crippen LogP) is 1.44. The topological polar surface area (TPSA) is 56.0 Å². The number of aromatic nitrogens is 1. The number of pyridine rings is 1. The molecule has 0 spiro atoms. The first-order valence-electron chi connectivity index (χ1n) is 4.95. The standard InChI is InChI=1S/C12H11FN2O/c13-11-6-12-8(2-1-3-15-12)4-9(11)5-10(16)7-14/h1-4,6H,5,7,14H2. The summed E-state index contributed by atoms with van der Waals surface area (Å²) in [6.07, 6.45) is 1.64. The Kier molecular flexibility index (Phi) is 2.92. The van der Waals surface area contributed by atoms with E-state index in [1.54, 1.807) is 18.3 Å². The van der Waals surface area contributed by atoms with Crippen LogP contribution in [0.1, 0.15) is 5.56 Å². The molecule has 1 heterocycles. The Labute approximate surface area is 92.1 Å². The van der Waals surface area contributed by atoms with Crippen molar-refractivity contribution in [3.63, 3.8) is 0 Å². The van der Waals surface area contributed by atoms with Gasteiger partial charge in [-0.1, -0.05) is 6.07 Å². The van der Waals surface area contributed by atoms with Gasteiger partial charge in [0.05, 0.1) is 12.1 Å². The van der Waals surface area contributed by atoms with Crippen LogP contribution in [0.2, 0.25) is 0 Å². The molecular formula is C12H11FN2O. The lowest BCUT2D eigenvalue weighted by Crippen LogP contribution is -2.16. The largest absolute Gasteiger partial charge is 0.324 e. The fourth-order valence-corrected chi connectivity index (χ4v) is 1.56. The van der Waals surface area contributed by atoms with Crippen LogP contribution in [0.5, 0.6) is 0 Å². The number of Topliss-reactive ketones (excluding diaryl/α,β-unsaturated/α-hetero) is 1. The number of rotatable bonds is 3. The van der Waals surface area contributed by atoms with Gasteiger partial charge in [-0.15, -0.1) is 0 Å². The van der Waals surface area contributed by atoms with Crippen LogP contribution in [0.3, 0.4) is 0 Å². The minimum absolute atomic E-state index is 0.0349. The lowest BCUT2D eigenvalue weighted by molar-refractivity contribution is -0.117. The highest BCUT2D eigenvalue weighted by Crippen LogP contribution is 2.17. The van der Waals surface area contributed by atoms with E-state index in [1.807, 2.05) is 6.07 Å². The number of nitrogens with zero attached hydrogens (tertiary/aromatic N) is 1. The third-order valence-corrected chi connectivity index (χ3v) is 2.39. The first kappa shape index (κ1) is 10.7. The van der Waals surface area contributed by atoms with E-state index in [-0.39, 0.29) is 18.7 Å². The van der Waals surface area contributed by atoms with E-state index in [9.17, 15) is 9.18 Å². The summed E-state index contributed by atoms with van der Waals surface area (Å²) in [4.78, 5) is 15.2. The van der Waals surface area contributed by atoms with Crippen molar-refractivity contribution in [2.75, 3.05) is 6.54 Å². The first-order valence-corrected chi connectivity index (χ1v) is 4.95. The Morgan fingerprint density at radius 2 is 2.25 bits per heavy atom. The summed E-state index contributed by atoms with van der Waals surface area (Å²) in [6, 6.07) is 6.59. The Hall–Kier alpha value is -1.81. The SMILES string of the molecule is NCC(=O)Cc1cc2cccnc2cc1F. The number of carbonyl (C=O) groups excluding carboxylic acids is 1. The molecule has 3 nitrogen and oxygen atoms in total. The molecule has 0 saturated carbocycles. The molecule has 0 fully saturated rings. The van der Waals surface area contributed by atoms with Gasteiger partial charge in [0.15, 0.2) is 5.78 Å². The molecule has 4 heteroatoms. The molecule has 0 radical (unpaired) electrons. The van der Waals surface area contributed by atoms with E-state index in [2.05, 4.69) is 4.98 Å². The van der Waals surface area contributed by atoms with Crippen LogP contribution >= 0.6 is 0 Å². The predicted molar refractivity (Wildman–Crippen MR) is 59.5 cm³/mol. The Bertz CT molecular complexity index is 540. The van der Waals surface area contributed by atoms with Crippen LogP contribution < -0.4 is 5.73 Å². The van der Waals surface area contributed by atoms with E-state index < -0.39 is 5.82 Å². The summed E-state index contributed by atoms with van der Waals surface area (Å²) in [5.41, 5.74) is 6.16. The summed E-state index contributed by atoms with van der Waals surface area (Å²) < 4.78 is 13.6. The Balaban J connectivity index is 2.46. The van der Waals surface area contributed by atoms with Gasteiger partial charge < -0.3 is 5.73 Å². The van der Waals surface area contributed by atoms with Crippen LogP contribution in [-0.4, -0.2) is 17.3 Å². The Morgan fingerprint density at radius 3 is 3.00 bits per heavy atom. The maximum Gasteiger partial charge on any atom is 0.150 e. The molecule has 2 rings (SSSR count). The summed E-state index contributed by atoms with van der Waals surface area (Å²) in [7, 11) is 0. The van der Waals surface area contributed by atoms with E-state index in [0.717, 1.165) is 5.39 Å². The second-order valence-corrected chi connectivity index (χ2v) is 3.56. The average Bonchev–Trinajstić information content (AvgIpc) is 2.30. The van der Waals surface area contributed by atoms with Crippen molar-refractivity contribution in [1.82, 2.24) is 4.98 Å². The van der Waals surface area contributed by atoms with Crippen molar-refractivity contribution < 1.29 is 9.18 Å². The number of carbonyl (C=O) groups is 1. The van der Waals surface area contributed by atoms with Gasteiger partial charge in [0.25, 0.3) is 0 Å². The number of ketones is 1. The number of halogens is 1. The van der Waals surface area contributed by atoms with Gasteiger partial charge in [0.2, 0.25) is 0 Å². The third-order valence-electron chi connectivity index (χ3n) is 2.39. The molecule has 82 valence electrons. The van der Waals surface area contributed by atoms with Gasteiger partial charge in [-0.25, -0.2) is 4.39 Å². The fraction of sp³-hybridized carbons (Fsp3) is 0.167. The van der Waals surface area contributed by atoms with E-state index in [0.29, 0.717) is 11.1 Å².